The smallest absolute Gasteiger partial charge is 0.338 e. The summed E-state index contributed by atoms with van der Waals surface area (Å²) in [6.07, 6.45) is -0.0373. The Morgan fingerprint density at radius 3 is 1.42 bits per heavy atom. The van der Waals surface area contributed by atoms with Crippen LogP contribution in [0.1, 0.15) is 60.3 Å². The van der Waals surface area contributed by atoms with Crippen LogP contribution < -0.4 is 0 Å². The lowest BCUT2D eigenvalue weighted by Crippen LogP contribution is -2.71. The standard InChI is InChI=1S/C26H38O10/c1-10-11-12-13-20(33-21(29)16(2)3)26(35-23(31)18(6)7,36-24(32)19(8)9)25(14-27,15-28)34-22(30)17(4)5/h20,27-28H,2,4,6,8,10-15H2,1,3,5,7,9H3. The first kappa shape index (κ1) is 32.8. The minimum absolute atomic E-state index is 0.0422. The number of carbonyl (C=O) groups is 4. The van der Waals surface area contributed by atoms with E-state index in [1.165, 1.54) is 27.7 Å². The third-order valence-electron chi connectivity index (χ3n) is 5.06. The average Bonchev–Trinajstić information content (AvgIpc) is 2.80. The lowest BCUT2D eigenvalue weighted by atomic mass is 9.85. The van der Waals surface area contributed by atoms with Crippen molar-refractivity contribution < 1.29 is 48.3 Å². The lowest BCUT2D eigenvalue weighted by molar-refractivity contribution is -0.339. The van der Waals surface area contributed by atoms with Crippen molar-refractivity contribution in [3.63, 3.8) is 0 Å². The van der Waals surface area contributed by atoms with Gasteiger partial charge in [0, 0.05) is 22.3 Å². The Hall–Kier alpha value is -3.24. The van der Waals surface area contributed by atoms with Gasteiger partial charge in [0.25, 0.3) is 0 Å². The van der Waals surface area contributed by atoms with Gasteiger partial charge in [0.2, 0.25) is 5.60 Å². The van der Waals surface area contributed by atoms with Crippen molar-refractivity contribution in [3.05, 3.63) is 48.6 Å². The highest BCUT2D eigenvalue weighted by Gasteiger charge is 2.67. The first-order valence-electron chi connectivity index (χ1n) is 11.4. The van der Waals surface area contributed by atoms with Gasteiger partial charge in [-0.3, -0.25) is 0 Å². The maximum absolute atomic E-state index is 12.8. The summed E-state index contributed by atoms with van der Waals surface area (Å²) in [5, 5.41) is 20.9. The topological polar surface area (TPSA) is 146 Å². The summed E-state index contributed by atoms with van der Waals surface area (Å²) in [6, 6.07) is 0. The fraction of sp³-hybridized carbons (Fsp3) is 0.538. The summed E-state index contributed by atoms with van der Waals surface area (Å²) in [6.45, 7) is 18.7. The number of esters is 4. The second-order valence-electron chi connectivity index (χ2n) is 8.66. The van der Waals surface area contributed by atoms with Gasteiger partial charge in [-0.2, -0.15) is 0 Å². The number of ether oxygens (including phenoxy) is 4. The summed E-state index contributed by atoms with van der Waals surface area (Å²) in [5.41, 5.74) is -3.17. The molecule has 1 unspecified atom stereocenters. The van der Waals surface area contributed by atoms with Crippen LogP contribution >= 0.6 is 0 Å². The lowest BCUT2D eigenvalue weighted by Gasteiger charge is -2.48. The van der Waals surface area contributed by atoms with Crippen molar-refractivity contribution in [2.75, 3.05) is 13.2 Å². The SMILES string of the molecule is C=C(C)C(=O)OC(CCCCC)C(OC(=O)C(=C)C)(OC(=O)C(=C)C)C(CO)(CO)OC(=O)C(=C)C. The van der Waals surface area contributed by atoms with Crippen LogP contribution in [0.4, 0.5) is 0 Å². The predicted octanol–water partition coefficient (Wildman–Crippen LogP) is 2.83. The van der Waals surface area contributed by atoms with Gasteiger partial charge in [-0.15, -0.1) is 0 Å². The molecule has 0 aromatic carbocycles. The largest absolute Gasteiger partial charge is 0.450 e. The fourth-order valence-corrected chi connectivity index (χ4v) is 2.89. The zero-order chi connectivity index (χ0) is 28.3. The highest BCUT2D eigenvalue weighted by molar-refractivity contribution is 5.90. The molecule has 0 aromatic heterocycles. The molecule has 0 aliphatic rings. The first-order valence-corrected chi connectivity index (χ1v) is 11.4. The molecule has 10 nitrogen and oxygen atoms in total. The van der Waals surface area contributed by atoms with Gasteiger partial charge in [0.1, 0.15) is 0 Å². The van der Waals surface area contributed by atoms with E-state index in [-0.39, 0.29) is 28.7 Å². The zero-order valence-corrected chi connectivity index (χ0v) is 21.8. The van der Waals surface area contributed by atoms with Crippen LogP contribution in [-0.4, -0.2) is 64.8 Å². The molecular formula is C26H38O10. The van der Waals surface area contributed by atoms with Crippen molar-refractivity contribution in [3.8, 4) is 0 Å². The van der Waals surface area contributed by atoms with Gasteiger partial charge >= 0.3 is 29.7 Å². The van der Waals surface area contributed by atoms with Crippen molar-refractivity contribution in [2.45, 2.75) is 77.8 Å². The molecule has 202 valence electrons. The van der Waals surface area contributed by atoms with Crippen LogP contribution in [0, 0.1) is 0 Å². The van der Waals surface area contributed by atoms with E-state index < -0.39 is 54.6 Å². The predicted molar refractivity (Wildman–Crippen MR) is 131 cm³/mol. The molecule has 0 spiro atoms. The zero-order valence-electron chi connectivity index (χ0n) is 21.8. The molecule has 10 heteroatoms. The monoisotopic (exact) mass is 510 g/mol. The summed E-state index contributed by atoms with van der Waals surface area (Å²) in [5.74, 6) is -7.22. The highest BCUT2D eigenvalue weighted by atomic mass is 16.8. The van der Waals surface area contributed by atoms with Gasteiger partial charge in [0.05, 0.1) is 13.2 Å². The minimum Gasteiger partial charge on any atom is -0.450 e. The number of aliphatic hydroxyl groups is 2. The Labute approximate surface area is 212 Å². The molecule has 0 saturated heterocycles. The molecule has 0 radical (unpaired) electrons. The van der Waals surface area contributed by atoms with Crippen LogP contribution in [0.15, 0.2) is 48.6 Å². The molecule has 0 aliphatic carbocycles. The van der Waals surface area contributed by atoms with E-state index in [4.69, 9.17) is 18.9 Å². The Balaban J connectivity index is 7.50. The van der Waals surface area contributed by atoms with E-state index in [0.29, 0.717) is 12.8 Å². The van der Waals surface area contributed by atoms with E-state index in [1.807, 2.05) is 6.92 Å². The third-order valence-corrected chi connectivity index (χ3v) is 5.06. The summed E-state index contributed by atoms with van der Waals surface area (Å²) < 4.78 is 22.1. The second kappa shape index (κ2) is 14.4. The molecule has 0 saturated carbocycles. The number of aliphatic hydroxyl groups excluding tert-OH is 2. The average molecular weight is 511 g/mol. The van der Waals surface area contributed by atoms with Gasteiger partial charge < -0.3 is 29.2 Å². The molecular weight excluding hydrogens is 472 g/mol. The number of carbonyl (C=O) groups excluding carboxylic acids is 4. The van der Waals surface area contributed by atoms with Crippen molar-refractivity contribution in [2.24, 2.45) is 0 Å². The molecule has 36 heavy (non-hydrogen) atoms. The van der Waals surface area contributed by atoms with Crippen LogP contribution in [-0.2, 0) is 38.1 Å². The first-order chi connectivity index (χ1) is 16.6. The molecule has 0 heterocycles. The summed E-state index contributed by atoms with van der Waals surface area (Å²) in [4.78, 5) is 50.9. The molecule has 0 aromatic rings. The molecule has 0 bridgehead atoms. The van der Waals surface area contributed by atoms with Gasteiger partial charge in [0.15, 0.2) is 6.10 Å². The van der Waals surface area contributed by atoms with Gasteiger partial charge in [-0.05, 0) is 40.5 Å². The summed E-state index contributed by atoms with van der Waals surface area (Å²) in [7, 11) is 0. The maximum atomic E-state index is 12.8. The fourth-order valence-electron chi connectivity index (χ4n) is 2.89. The third kappa shape index (κ3) is 8.17. The van der Waals surface area contributed by atoms with Crippen molar-refractivity contribution in [1.82, 2.24) is 0 Å². The number of hydrogen-bond donors (Lipinski definition) is 2. The van der Waals surface area contributed by atoms with Crippen LogP contribution in [0.5, 0.6) is 0 Å². The molecule has 0 aliphatic heterocycles. The van der Waals surface area contributed by atoms with E-state index in [2.05, 4.69) is 26.3 Å². The van der Waals surface area contributed by atoms with E-state index in [0.717, 1.165) is 6.42 Å². The number of rotatable bonds is 16. The second-order valence-corrected chi connectivity index (χ2v) is 8.66. The van der Waals surface area contributed by atoms with Gasteiger partial charge in [-0.1, -0.05) is 46.1 Å². The van der Waals surface area contributed by atoms with E-state index in [9.17, 15) is 29.4 Å². The molecule has 0 amide bonds. The quantitative estimate of drug-likeness (QED) is 0.104. The normalized spacial score (nSPS) is 12.1. The molecule has 0 rings (SSSR count). The Morgan fingerprint density at radius 2 is 1.08 bits per heavy atom. The van der Waals surface area contributed by atoms with Crippen molar-refractivity contribution in [1.29, 1.82) is 0 Å². The van der Waals surface area contributed by atoms with Gasteiger partial charge in [-0.25, -0.2) is 19.2 Å². The Bertz CT molecular complexity index is 866. The van der Waals surface area contributed by atoms with Crippen LogP contribution in [0.2, 0.25) is 0 Å². The highest BCUT2D eigenvalue weighted by Crippen LogP contribution is 2.40. The number of hydrogen-bond acceptors (Lipinski definition) is 10. The Kier molecular flexibility index (Phi) is 13.1. The van der Waals surface area contributed by atoms with Crippen LogP contribution in [0.25, 0.3) is 0 Å². The maximum Gasteiger partial charge on any atom is 0.338 e. The summed E-state index contributed by atoms with van der Waals surface area (Å²) >= 11 is 0. The number of unbranched alkanes of at least 4 members (excludes halogenated alkanes) is 2. The van der Waals surface area contributed by atoms with E-state index >= 15 is 0 Å². The molecule has 1 atom stereocenters. The minimum atomic E-state index is -2.87. The van der Waals surface area contributed by atoms with E-state index in [1.54, 1.807) is 0 Å². The van der Waals surface area contributed by atoms with Crippen LogP contribution in [0.3, 0.4) is 0 Å². The Morgan fingerprint density at radius 1 is 0.694 bits per heavy atom. The molecule has 0 fully saturated rings. The molecule has 2 N–H and O–H groups in total. The van der Waals surface area contributed by atoms with Crippen molar-refractivity contribution >= 4 is 23.9 Å².